The van der Waals surface area contributed by atoms with Gasteiger partial charge in [0.1, 0.15) is 11.5 Å². The topological polar surface area (TPSA) is 138 Å². The Labute approximate surface area is 108 Å². The van der Waals surface area contributed by atoms with Crippen molar-refractivity contribution in [2.75, 3.05) is 11.5 Å². The lowest BCUT2D eigenvalue weighted by Gasteiger charge is -2.09. The van der Waals surface area contributed by atoms with Crippen LogP contribution >= 0.6 is 0 Å². The molecule has 1 aromatic heterocycles. The van der Waals surface area contributed by atoms with E-state index in [9.17, 15) is 9.59 Å². The summed E-state index contributed by atoms with van der Waals surface area (Å²) in [6.45, 7) is 0. The zero-order valence-corrected chi connectivity index (χ0v) is 9.83. The number of carbonyl (C=O) groups is 2. The van der Waals surface area contributed by atoms with E-state index in [0.29, 0.717) is 5.56 Å². The predicted octanol–water partition coefficient (Wildman–Crippen LogP) is -0.0240. The number of nitrogen functional groups attached to an aromatic ring is 2. The molecule has 0 bridgehead atoms. The fourth-order valence-corrected chi connectivity index (χ4v) is 1.67. The Hall–Kier alpha value is -2.96. The minimum Gasteiger partial charge on any atom is -0.383 e. The Bertz CT molecular complexity index is 655. The molecule has 1 amide bonds. The number of amides is 1. The summed E-state index contributed by atoms with van der Waals surface area (Å²) < 4.78 is 0. The summed E-state index contributed by atoms with van der Waals surface area (Å²) in [5.74, 6) is -2.26. The average molecular weight is 257 g/mol. The first-order chi connectivity index (χ1) is 9.00. The lowest BCUT2D eigenvalue weighted by atomic mass is 10.0. The number of ketones is 1. The maximum Gasteiger partial charge on any atom is 0.291 e. The number of benzene rings is 1. The van der Waals surface area contributed by atoms with Crippen molar-refractivity contribution >= 4 is 23.5 Å². The smallest absolute Gasteiger partial charge is 0.291 e. The van der Waals surface area contributed by atoms with Crippen molar-refractivity contribution in [1.82, 2.24) is 9.97 Å². The van der Waals surface area contributed by atoms with E-state index >= 15 is 0 Å². The Balaban J connectivity index is 2.72. The van der Waals surface area contributed by atoms with E-state index in [0.717, 1.165) is 0 Å². The van der Waals surface area contributed by atoms with Gasteiger partial charge in [0.2, 0.25) is 5.95 Å². The van der Waals surface area contributed by atoms with E-state index in [1.807, 2.05) is 0 Å². The molecular formula is C12H11N5O2. The highest BCUT2D eigenvalue weighted by atomic mass is 16.2. The van der Waals surface area contributed by atoms with Crippen LogP contribution in [0.4, 0.5) is 11.8 Å². The largest absolute Gasteiger partial charge is 0.383 e. The van der Waals surface area contributed by atoms with E-state index in [4.69, 9.17) is 17.2 Å². The van der Waals surface area contributed by atoms with Gasteiger partial charge in [0.15, 0.2) is 0 Å². The first-order valence-electron chi connectivity index (χ1n) is 5.33. The van der Waals surface area contributed by atoms with Gasteiger partial charge in [-0.05, 0) is 5.56 Å². The number of rotatable bonds is 3. The molecule has 19 heavy (non-hydrogen) atoms. The van der Waals surface area contributed by atoms with Crippen LogP contribution in [0.5, 0.6) is 0 Å². The molecule has 7 heteroatoms. The van der Waals surface area contributed by atoms with Gasteiger partial charge in [0.05, 0.1) is 5.56 Å². The number of primary amides is 1. The highest BCUT2D eigenvalue weighted by Gasteiger charge is 2.23. The van der Waals surface area contributed by atoms with Gasteiger partial charge >= 0.3 is 0 Å². The van der Waals surface area contributed by atoms with Crippen LogP contribution in [0.3, 0.4) is 0 Å². The summed E-state index contributed by atoms with van der Waals surface area (Å²) >= 11 is 0. The fraction of sp³-hybridized carbons (Fsp3) is 0. The molecule has 0 saturated carbocycles. The van der Waals surface area contributed by atoms with E-state index in [-0.39, 0.29) is 23.0 Å². The van der Waals surface area contributed by atoms with Gasteiger partial charge in [0.25, 0.3) is 11.7 Å². The van der Waals surface area contributed by atoms with Crippen LogP contribution in [0.2, 0.25) is 0 Å². The Morgan fingerprint density at radius 1 is 1.00 bits per heavy atom. The minimum absolute atomic E-state index is 0.0169. The molecule has 0 aliphatic carbocycles. The molecule has 1 aromatic carbocycles. The number of nitrogens with two attached hydrogens (primary N) is 3. The molecule has 0 saturated heterocycles. The van der Waals surface area contributed by atoms with Crippen molar-refractivity contribution in [3.05, 3.63) is 36.0 Å². The molecule has 2 aromatic rings. The van der Waals surface area contributed by atoms with Crippen molar-refractivity contribution in [3.63, 3.8) is 0 Å². The van der Waals surface area contributed by atoms with E-state index in [2.05, 4.69) is 9.97 Å². The van der Waals surface area contributed by atoms with Crippen molar-refractivity contribution in [2.45, 2.75) is 0 Å². The number of carbonyl (C=O) groups excluding carboxylic acids is 2. The fourth-order valence-electron chi connectivity index (χ4n) is 1.67. The quantitative estimate of drug-likeness (QED) is 0.521. The van der Waals surface area contributed by atoms with Gasteiger partial charge in [-0.1, -0.05) is 30.3 Å². The normalized spacial score (nSPS) is 10.1. The number of hydrogen-bond acceptors (Lipinski definition) is 6. The summed E-state index contributed by atoms with van der Waals surface area (Å²) in [5, 5.41) is 0. The van der Waals surface area contributed by atoms with Crippen LogP contribution in [0.15, 0.2) is 30.3 Å². The number of anilines is 2. The lowest BCUT2D eigenvalue weighted by Crippen LogP contribution is -2.25. The monoisotopic (exact) mass is 257 g/mol. The average Bonchev–Trinajstić information content (AvgIpc) is 2.37. The second-order valence-corrected chi connectivity index (χ2v) is 3.75. The van der Waals surface area contributed by atoms with Crippen molar-refractivity contribution in [3.8, 4) is 11.1 Å². The third-order valence-electron chi connectivity index (χ3n) is 2.46. The molecule has 1 heterocycles. The molecule has 0 atom stereocenters. The molecule has 0 aliphatic rings. The number of Topliss-reactive ketones (excluding diaryl/α,β-unsaturated/α-hetero) is 1. The van der Waals surface area contributed by atoms with E-state index < -0.39 is 11.7 Å². The second-order valence-electron chi connectivity index (χ2n) is 3.75. The minimum atomic E-state index is -1.13. The van der Waals surface area contributed by atoms with Crippen LogP contribution in [-0.4, -0.2) is 21.7 Å². The summed E-state index contributed by atoms with van der Waals surface area (Å²) in [7, 11) is 0. The second kappa shape index (κ2) is 4.73. The maximum absolute atomic E-state index is 11.8. The Morgan fingerprint density at radius 3 is 2.21 bits per heavy atom. The SMILES string of the molecule is NC(=O)C(=O)c1nc(N)nc(N)c1-c1ccccc1. The molecule has 0 unspecified atom stereocenters. The first kappa shape index (κ1) is 12.5. The highest BCUT2D eigenvalue weighted by molar-refractivity contribution is 6.43. The summed E-state index contributed by atoms with van der Waals surface area (Å²) in [4.78, 5) is 30.4. The van der Waals surface area contributed by atoms with Crippen molar-refractivity contribution in [2.24, 2.45) is 5.73 Å². The molecule has 7 nitrogen and oxygen atoms in total. The molecule has 0 aliphatic heterocycles. The standard InChI is InChI=1S/C12H11N5O2/c13-10-7(6-4-2-1-3-5-6)8(9(18)11(14)19)16-12(15)17-10/h1-5H,(H2,14,19)(H4,13,15,16,17). The van der Waals surface area contributed by atoms with Crippen LogP contribution in [0.1, 0.15) is 10.5 Å². The molecule has 6 N–H and O–H groups in total. The summed E-state index contributed by atoms with van der Waals surface area (Å²) in [6.07, 6.45) is 0. The number of nitrogens with zero attached hydrogens (tertiary/aromatic N) is 2. The lowest BCUT2D eigenvalue weighted by molar-refractivity contribution is -0.114. The Morgan fingerprint density at radius 2 is 1.63 bits per heavy atom. The molecular weight excluding hydrogens is 246 g/mol. The third-order valence-corrected chi connectivity index (χ3v) is 2.46. The summed E-state index contributed by atoms with van der Waals surface area (Å²) in [5.41, 5.74) is 16.8. The zero-order valence-electron chi connectivity index (χ0n) is 9.83. The van der Waals surface area contributed by atoms with Crippen LogP contribution < -0.4 is 17.2 Å². The summed E-state index contributed by atoms with van der Waals surface area (Å²) in [6, 6.07) is 8.73. The number of hydrogen-bond donors (Lipinski definition) is 3. The molecule has 96 valence electrons. The third kappa shape index (κ3) is 2.34. The Kier molecular flexibility index (Phi) is 3.11. The van der Waals surface area contributed by atoms with Crippen molar-refractivity contribution < 1.29 is 9.59 Å². The predicted molar refractivity (Wildman–Crippen MR) is 69.8 cm³/mol. The van der Waals surface area contributed by atoms with Gasteiger partial charge in [0, 0.05) is 0 Å². The van der Waals surface area contributed by atoms with Crippen molar-refractivity contribution in [1.29, 1.82) is 0 Å². The van der Waals surface area contributed by atoms with Crippen LogP contribution in [0, 0.1) is 0 Å². The van der Waals surface area contributed by atoms with Gasteiger partial charge in [-0.3, -0.25) is 9.59 Å². The van der Waals surface area contributed by atoms with Gasteiger partial charge in [-0.15, -0.1) is 0 Å². The molecule has 0 spiro atoms. The van der Waals surface area contributed by atoms with Crippen LogP contribution in [-0.2, 0) is 4.79 Å². The van der Waals surface area contributed by atoms with Gasteiger partial charge in [-0.2, -0.15) is 4.98 Å². The first-order valence-corrected chi connectivity index (χ1v) is 5.33. The molecule has 0 radical (unpaired) electrons. The van der Waals surface area contributed by atoms with Gasteiger partial charge in [-0.25, -0.2) is 4.98 Å². The number of aromatic nitrogens is 2. The van der Waals surface area contributed by atoms with Gasteiger partial charge < -0.3 is 17.2 Å². The van der Waals surface area contributed by atoms with E-state index in [1.54, 1.807) is 30.3 Å². The molecule has 2 rings (SSSR count). The maximum atomic E-state index is 11.8. The highest BCUT2D eigenvalue weighted by Crippen LogP contribution is 2.28. The van der Waals surface area contributed by atoms with Crippen LogP contribution in [0.25, 0.3) is 11.1 Å². The van der Waals surface area contributed by atoms with E-state index in [1.165, 1.54) is 0 Å². The molecule has 0 fully saturated rings. The zero-order chi connectivity index (χ0) is 14.0.